The van der Waals surface area contributed by atoms with Crippen molar-refractivity contribution < 1.29 is 9.13 Å². The lowest BCUT2D eigenvalue weighted by Gasteiger charge is -2.37. The van der Waals surface area contributed by atoms with Crippen molar-refractivity contribution in [3.63, 3.8) is 0 Å². The van der Waals surface area contributed by atoms with E-state index < -0.39 is 0 Å². The molecule has 0 radical (unpaired) electrons. The molecule has 0 spiro atoms. The van der Waals surface area contributed by atoms with Gasteiger partial charge in [0.1, 0.15) is 5.82 Å². The Morgan fingerprint density at radius 1 is 1.59 bits per heavy atom. The van der Waals surface area contributed by atoms with Gasteiger partial charge in [-0.05, 0) is 18.6 Å². The Kier molecular flexibility index (Phi) is 4.04. The molecule has 2 N–H and O–H groups in total. The maximum atomic E-state index is 13.0. The number of hydrogen-bond donors (Lipinski definition) is 1. The summed E-state index contributed by atoms with van der Waals surface area (Å²) in [4.78, 5) is 6.10. The van der Waals surface area contributed by atoms with Crippen LogP contribution in [0.15, 0.2) is 18.5 Å². The van der Waals surface area contributed by atoms with Crippen molar-refractivity contribution in [1.82, 2.24) is 9.88 Å². The van der Waals surface area contributed by atoms with Gasteiger partial charge < -0.3 is 10.5 Å². The molecule has 1 fully saturated rings. The SMILES string of the molecule is CC1COC(CN)CN1Cc1cncc(F)c1. The van der Waals surface area contributed by atoms with E-state index in [0.29, 0.717) is 25.7 Å². The third-order valence-corrected chi connectivity index (χ3v) is 3.04. The summed E-state index contributed by atoms with van der Waals surface area (Å²) in [6.45, 7) is 4.76. The van der Waals surface area contributed by atoms with Gasteiger partial charge >= 0.3 is 0 Å². The van der Waals surface area contributed by atoms with Gasteiger partial charge in [-0.1, -0.05) is 0 Å². The minimum Gasteiger partial charge on any atom is -0.374 e. The van der Waals surface area contributed by atoms with Crippen molar-refractivity contribution >= 4 is 0 Å². The van der Waals surface area contributed by atoms with E-state index in [2.05, 4.69) is 16.8 Å². The van der Waals surface area contributed by atoms with Gasteiger partial charge in [0.2, 0.25) is 0 Å². The zero-order chi connectivity index (χ0) is 12.3. The molecule has 2 heterocycles. The molecule has 1 aromatic heterocycles. The van der Waals surface area contributed by atoms with Gasteiger partial charge in [-0.2, -0.15) is 0 Å². The Bertz CT molecular complexity index is 375. The Balaban J connectivity index is 2.01. The fourth-order valence-corrected chi connectivity index (χ4v) is 2.01. The van der Waals surface area contributed by atoms with E-state index in [4.69, 9.17) is 10.5 Å². The van der Waals surface area contributed by atoms with Crippen LogP contribution in [-0.2, 0) is 11.3 Å². The van der Waals surface area contributed by atoms with Gasteiger partial charge in [-0.15, -0.1) is 0 Å². The standard InChI is InChI=1S/C12H18FN3O/c1-9-8-17-12(3-14)7-16(9)6-10-2-11(13)5-15-4-10/h2,4-5,9,12H,3,6-8,14H2,1H3. The Hall–Kier alpha value is -1.04. The van der Waals surface area contributed by atoms with Crippen LogP contribution in [0.1, 0.15) is 12.5 Å². The van der Waals surface area contributed by atoms with Crippen molar-refractivity contribution in [1.29, 1.82) is 0 Å². The number of halogens is 1. The molecule has 2 unspecified atom stereocenters. The zero-order valence-electron chi connectivity index (χ0n) is 9.97. The molecule has 2 rings (SSSR count). The predicted octanol–water partition coefficient (Wildman–Crippen LogP) is 0.769. The third-order valence-electron chi connectivity index (χ3n) is 3.04. The number of rotatable bonds is 3. The fraction of sp³-hybridized carbons (Fsp3) is 0.583. The molecule has 94 valence electrons. The molecule has 0 bridgehead atoms. The van der Waals surface area contributed by atoms with Gasteiger partial charge in [-0.3, -0.25) is 9.88 Å². The first-order chi connectivity index (χ1) is 8.19. The zero-order valence-corrected chi connectivity index (χ0v) is 9.97. The second-order valence-corrected chi connectivity index (χ2v) is 4.48. The van der Waals surface area contributed by atoms with E-state index in [1.807, 2.05) is 0 Å². The highest BCUT2D eigenvalue weighted by Gasteiger charge is 2.25. The highest BCUT2D eigenvalue weighted by molar-refractivity contribution is 5.10. The quantitative estimate of drug-likeness (QED) is 0.846. The Morgan fingerprint density at radius 2 is 2.41 bits per heavy atom. The van der Waals surface area contributed by atoms with Crippen molar-refractivity contribution in [3.8, 4) is 0 Å². The second kappa shape index (κ2) is 5.53. The van der Waals surface area contributed by atoms with Crippen LogP contribution >= 0.6 is 0 Å². The first-order valence-corrected chi connectivity index (χ1v) is 5.84. The summed E-state index contributed by atoms with van der Waals surface area (Å²) in [5.74, 6) is -0.293. The van der Waals surface area contributed by atoms with Crippen molar-refractivity contribution in [2.75, 3.05) is 19.7 Å². The van der Waals surface area contributed by atoms with E-state index in [1.165, 1.54) is 12.3 Å². The summed E-state index contributed by atoms with van der Waals surface area (Å²) >= 11 is 0. The molecule has 1 aliphatic heterocycles. The Labute approximate surface area is 101 Å². The van der Waals surface area contributed by atoms with E-state index >= 15 is 0 Å². The van der Waals surface area contributed by atoms with Gasteiger partial charge in [0.15, 0.2) is 0 Å². The van der Waals surface area contributed by atoms with E-state index in [9.17, 15) is 4.39 Å². The monoisotopic (exact) mass is 239 g/mol. The smallest absolute Gasteiger partial charge is 0.141 e. The normalized spacial score (nSPS) is 26.1. The van der Waals surface area contributed by atoms with Crippen LogP contribution in [0.3, 0.4) is 0 Å². The molecule has 0 aliphatic carbocycles. The molecule has 2 atom stereocenters. The van der Waals surface area contributed by atoms with Crippen LogP contribution in [0, 0.1) is 5.82 Å². The lowest BCUT2D eigenvalue weighted by molar-refractivity contribution is -0.0567. The third kappa shape index (κ3) is 3.21. The average Bonchev–Trinajstić information content (AvgIpc) is 2.32. The van der Waals surface area contributed by atoms with Gasteiger partial charge in [-0.25, -0.2) is 4.39 Å². The van der Waals surface area contributed by atoms with Crippen LogP contribution in [-0.4, -0.2) is 41.7 Å². The van der Waals surface area contributed by atoms with Crippen molar-refractivity contribution in [3.05, 3.63) is 29.8 Å². The summed E-state index contributed by atoms with van der Waals surface area (Å²) in [6.07, 6.45) is 2.99. The van der Waals surface area contributed by atoms with Crippen LogP contribution in [0.4, 0.5) is 4.39 Å². The molecule has 5 heteroatoms. The average molecular weight is 239 g/mol. The molecule has 17 heavy (non-hydrogen) atoms. The molecule has 1 aromatic rings. The number of morpholine rings is 1. The highest BCUT2D eigenvalue weighted by Crippen LogP contribution is 2.15. The molecule has 4 nitrogen and oxygen atoms in total. The van der Waals surface area contributed by atoms with Crippen LogP contribution in [0.5, 0.6) is 0 Å². The lowest BCUT2D eigenvalue weighted by Crippen LogP contribution is -2.50. The molecule has 0 aromatic carbocycles. The topological polar surface area (TPSA) is 51.4 Å². The molecule has 0 saturated carbocycles. The largest absolute Gasteiger partial charge is 0.374 e. The molecule has 0 amide bonds. The molecular weight excluding hydrogens is 221 g/mol. The van der Waals surface area contributed by atoms with Crippen LogP contribution < -0.4 is 5.73 Å². The fourth-order valence-electron chi connectivity index (χ4n) is 2.01. The number of nitrogens with zero attached hydrogens (tertiary/aromatic N) is 2. The molecule has 1 saturated heterocycles. The van der Waals surface area contributed by atoms with E-state index in [0.717, 1.165) is 12.1 Å². The number of pyridine rings is 1. The number of nitrogens with two attached hydrogens (primary N) is 1. The van der Waals surface area contributed by atoms with Crippen molar-refractivity contribution in [2.45, 2.75) is 25.6 Å². The van der Waals surface area contributed by atoms with Crippen LogP contribution in [0.25, 0.3) is 0 Å². The number of ether oxygens (including phenoxy) is 1. The number of aromatic nitrogens is 1. The predicted molar refractivity (Wildman–Crippen MR) is 62.9 cm³/mol. The first-order valence-electron chi connectivity index (χ1n) is 5.84. The van der Waals surface area contributed by atoms with Crippen molar-refractivity contribution in [2.24, 2.45) is 5.73 Å². The highest BCUT2D eigenvalue weighted by atomic mass is 19.1. The van der Waals surface area contributed by atoms with E-state index in [-0.39, 0.29) is 11.9 Å². The number of hydrogen-bond acceptors (Lipinski definition) is 4. The van der Waals surface area contributed by atoms with Gasteiger partial charge in [0.25, 0.3) is 0 Å². The summed E-state index contributed by atoms with van der Waals surface area (Å²) in [6, 6.07) is 1.84. The summed E-state index contributed by atoms with van der Waals surface area (Å²) in [5, 5.41) is 0. The maximum absolute atomic E-state index is 13.0. The van der Waals surface area contributed by atoms with Gasteiger partial charge in [0, 0.05) is 31.9 Å². The minimum atomic E-state index is -0.293. The summed E-state index contributed by atoms with van der Waals surface area (Å²) < 4.78 is 18.6. The van der Waals surface area contributed by atoms with E-state index in [1.54, 1.807) is 6.20 Å². The summed E-state index contributed by atoms with van der Waals surface area (Å²) in [7, 11) is 0. The van der Waals surface area contributed by atoms with Gasteiger partial charge in [0.05, 0.1) is 18.9 Å². The maximum Gasteiger partial charge on any atom is 0.141 e. The lowest BCUT2D eigenvalue weighted by atomic mass is 10.1. The minimum absolute atomic E-state index is 0.0766. The second-order valence-electron chi connectivity index (χ2n) is 4.48. The first kappa shape index (κ1) is 12.4. The summed E-state index contributed by atoms with van der Waals surface area (Å²) in [5.41, 5.74) is 6.49. The molecule has 1 aliphatic rings. The van der Waals surface area contributed by atoms with Crippen LogP contribution in [0.2, 0.25) is 0 Å². The Morgan fingerprint density at radius 3 is 3.12 bits per heavy atom. The molecular formula is C12H18FN3O.